The van der Waals surface area contributed by atoms with Gasteiger partial charge in [-0.25, -0.2) is 9.67 Å². The number of benzene rings is 2. The lowest BCUT2D eigenvalue weighted by Crippen LogP contribution is -2.47. The van der Waals surface area contributed by atoms with Gasteiger partial charge in [0.15, 0.2) is 6.29 Å². The Hall–Kier alpha value is -3.58. The minimum Gasteiger partial charge on any atom is -0.368 e. The number of hydrogen-bond acceptors (Lipinski definition) is 5. The fraction of sp³-hybridized carbons (Fsp3) is 0.240. The molecule has 4 aromatic rings. The second-order valence-corrected chi connectivity index (χ2v) is 8.54. The summed E-state index contributed by atoms with van der Waals surface area (Å²) < 4.78 is 3.81. The van der Waals surface area contributed by atoms with Crippen LogP contribution < -0.4 is 9.80 Å². The highest BCUT2D eigenvalue weighted by molar-refractivity contribution is 6.30. The summed E-state index contributed by atoms with van der Waals surface area (Å²) in [5, 5.41) is 5.63. The molecule has 5 rings (SSSR count). The maximum absolute atomic E-state index is 12.3. The summed E-state index contributed by atoms with van der Waals surface area (Å²) in [7, 11) is 0. The number of para-hydroxylation sites is 1. The molecule has 1 saturated heterocycles. The molecule has 168 valence electrons. The van der Waals surface area contributed by atoms with Crippen molar-refractivity contribution in [3.05, 3.63) is 89.2 Å². The van der Waals surface area contributed by atoms with Crippen LogP contribution in [-0.4, -0.2) is 51.8 Å². The first kappa shape index (κ1) is 21.3. The van der Waals surface area contributed by atoms with Gasteiger partial charge in [0.1, 0.15) is 17.2 Å². The van der Waals surface area contributed by atoms with E-state index in [9.17, 15) is 4.79 Å². The van der Waals surface area contributed by atoms with Gasteiger partial charge in [-0.3, -0.25) is 4.79 Å². The van der Waals surface area contributed by atoms with Crippen molar-refractivity contribution in [1.82, 2.24) is 19.3 Å². The first-order valence-corrected chi connectivity index (χ1v) is 11.4. The molecule has 0 aliphatic carbocycles. The second-order valence-electron chi connectivity index (χ2n) is 8.10. The fourth-order valence-electron chi connectivity index (χ4n) is 4.39. The van der Waals surface area contributed by atoms with Crippen LogP contribution in [0.2, 0.25) is 5.02 Å². The Morgan fingerprint density at radius 3 is 2.36 bits per heavy atom. The Bertz CT molecular complexity index is 1260. The first-order chi connectivity index (χ1) is 16.1. The molecule has 1 aliphatic heterocycles. The van der Waals surface area contributed by atoms with Crippen molar-refractivity contribution in [1.29, 1.82) is 0 Å². The molecule has 0 atom stereocenters. The van der Waals surface area contributed by atoms with E-state index in [1.54, 1.807) is 10.9 Å². The second kappa shape index (κ2) is 9.11. The predicted octanol–water partition coefficient (Wildman–Crippen LogP) is 4.22. The molecular weight excluding hydrogens is 436 g/mol. The SMILES string of the molecule is Cc1nccn1Cc1nn(-c2ccccc2)c(C=O)c1N1CCN(c2cccc(Cl)c2)CC1. The Balaban J connectivity index is 1.49. The maximum Gasteiger partial charge on any atom is 0.170 e. The highest BCUT2D eigenvalue weighted by Gasteiger charge is 2.27. The molecule has 0 unspecified atom stereocenters. The van der Waals surface area contributed by atoms with E-state index in [4.69, 9.17) is 16.7 Å². The Morgan fingerprint density at radius 2 is 1.70 bits per heavy atom. The molecular formula is C25H25ClN6O. The van der Waals surface area contributed by atoms with E-state index >= 15 is 0 Å². The number of imidazole rings is 1. The van der Waals surface area contributed by atoms with Gasteiger partial charge in [-0.15, -0.1) is 0 Å². The normalized spacial score (nSPS) is 14.0. The number of aromatic nitrogens is 4. The molecule has 0 bridgehead atoms. The Morgan fingerprint density at radius 1 is 0.970 bits per heavy atom. The molecule has 0 spiro atoms. The number of aryl methyl sites for hydroxylation is 1. The van der Waals surface area contributed by atoms with Gasteiger partial charge in [-0.1, -0.05) is 35.9 Å². The summed E-state index contributed by atoms with van der Waals surface area (Å²) in [6.07, 6.45) is 4.65. The average Bonchev–Trinajstić information content (AvgIpc) is 3.43. The summed E-state index contributed by atoms with van der Waals surface area (Å²) in [5.41, 5.74) is 4.31. The van der Waals surface area contributed by atoms with E-state index in [-0.39, 0.29) is 0 Å². The molecule has 2 aromatic heterocycles. The van der Waals surface area contributed by atoms with Gasteiger partial charge in [0.2, 0.25) is 0 Å². The van der Waals surface area contributed by atoms with Crippen LogP contribution in [-0.2, 0) is 6.54 Å². The number of nitrogens with zero attached hydrogens (tertiary/aromatic N) is 6. The molecule has 2 aromatic carbocycles. The lowest BCUT2D eigenvalue weighted by Gasteiger charge is -2.37. The van der Waals surface area contributed by atoms with Gasteiger partial charge in [-0.05, 0) is 37.3 Å². The van der Waals surface area contributed by atoms with Gasteiger partial charge >= 0.3 is 0 Å². The minimum atomic E-state index is 0.552. The van der Waals surface area contributed by atoms with Crippen molar-refractivity contribution < 1.29 is 4.79 Å². The van der Waals surface area contributed by atoms with Gasteiger partial charge in [0.25, 0.3) is 0 Å². The maximum atomic E-state index is 12.3. The summed E-state index contributed by atoms with van der Waals surface area (Å²) in [6.45, 7) is 5.75. The summed E-state index contributed by atoms with van der Waals surface area (Å²) >= 11 is 6.20. The third-order valence-electron chi connectivity index (χ3n) is 6.09. The molecule has 1 aliphatic rings. The van der Waals surface area contributed by atoms with E-state index in [2.05, 4.69) is 25.4 Å². The first-order valence-electron chi connectivity index (χ1n) is 11.0. The summed E-state index contributed by atoms with van der Waals surface area (Å²) in [6, 6.07) is 17.7. The number of rotatable bonds is 6. The standard InChI is InChI=1S/C25H25ClN6O/c1-19-27-10-11-31(19)17-23-25(24(18-33)32(28-23)21-7-3-2-4-8-21)30-14-12-29(13-15-30)22-9-5-6-20(26)16-22/h2-11,16,18H,12-15,17H2,1H3. The number of aldehydes is 1. The number of halogens is 1. The Labute approximate surface area is 197 Å². The van der Waals surface area contributed by atoms with Crippen molar-refractivity contribution in [3.63, 3.8) is 0 Å². The zero-order chi connectivity index (χ0) is 22.8. The molecule has 3 heterocycles. The van der Waals surface area contributed by atoms with Crippen molar-refractivity contribution in [2.45, 2.75) is 13.5 Å². The van der Waals surface area contributed by atoms with Gasteiger partial charge in [-0.2, -0.15) is 5.10 Å². The Kier molecular flexibility index (Phi) is 5.88. The largest absolute Gasteiger partial charge is 0.368 e. The minimum absolute atomic E-state index is 0.552. The van der Waals surface area contributed by atoms with E-state index in [0.29, 0.717) is 12.2 Å². The fourth-order valence-corrected chi connectivity index (χ4v) is 4.57. The average molecular weight is 461 g/mol. The molecule has 0 saturated carbocycles. The molecule has 0 amide bonds. The summed E-state index contributed by atoms with van der Waals surface area (Å²) in [5.74, 6) is 0.911. The topological polar surface area (TPSA) is 59.2 Å². The number of carbonyl (C=O) groups is 1. The van der Waals surface area contributed by atoms with Crippen LogP contribution >= 0.6 is 11.6 Å². The highest BCUT2D eigenvalue weighted by atomic mass is 35.5. The summed E-state index contributed by atoms with van der Waals surface area (Å²) in [4.78, 5) is 21.3. The molecule has 33 heavy (non-hydrogen) atoms. The number of hydrogen-bond donors (Lipinski definition) is 0. The predicted molar refractivity (Wildman–Crippen MR) is 131 cm³/mol. The molecule has 1 fully saturated rings. The van der Waals surface area contributed by atoms with E-state index in [0.717, 1.165) is 66.1 Å². The number of piperazine rings is 1. The molecule has 8 heteroatoms. The van der Waals surface area contributed by atoms with Crippen LogP contribution in [0.3, 0.4) is 0 Å². The van der Waals surface area contributed by atoms with Crippen molar-refractivity contribution in [2.24, 2.45) is 0 Å². The third-order valence-corrected chi connectivity index (χ3v) is 6.33. The van der Waals surface area contributed by atoms with Crippen LogP contribution in [0.25, 0.3) is 5.69 Å². The lowest BCUT2D eigenvalue weighted by molar-refractivity contribution is 0.111. The molecule has 0 N–H and O–H groups in total. The zero-order valence-corrected chi connectivity index (χ0v) is 19.2. The lowest BCUT2D eigenvalue weighted by atomic mass is 10.2. The van der Waals surface area contributed by atoms with Crippen molar-refractivity contribution in [2.75, 3.05) is 36.0 Å². The third kappa shape index (κ3) is 4.24. The highest BCUT2D eigenvalue weighted by Crippen LogP contribution is 2.30. The van der Waals surface area contributed by atoms with E-state index < -0.39 is 0 Å². The van der Waals surface area contributed by atoms with Crippen LogP contribution in [0.5, 0.6) is 0 Å². The van der Waals surface area contributed by atoms with Gasteiger partial charge in [0, 0.05) is 49.3 Å². The van der Waals surface area contributed by atoms with E-state index in [1.807, 2.05) is 61.7 Å². The van der Waals surface area contributed by atoms with Crippen molar-refractivity contribution in [3.8, 4) is 5.69 Å². The number of anilines is 2. The number of carbonyl (C=O) groups excluding carboxylic acids is 1. The molecule has 7 nitrogen and oxygen atoms in total. The molecule has 0 radical (unpaired) electrons. The van der Waals surface area contributed by atoms with Crippen LogP contribution in [0.15, 0.2) is 67.0 Å². The quantitative estimate of drug-likeness (QED) is 0.403. The van der Waals surface area contributed by atoms with E-state index in [1.165, 1.54) is 0 Å². The van der Waals surface area contributed by atoms with Gasteiger partial charge in [0.05, 0.1) is 17.9 Å². The van der Waals surface area contributed by atoms with Crippen LogP contribution in [0.4, 0.5) is 11.4 Å². The van der Waals surface area contributed by atoms with Crippen molar-refractivity contribution >= 4 is 29.3 Å². The van der Waals surface area contributed by atoms with Crippen LogP contribution in [0, 0.1) is 6.92 Å². The van der Waals surface area contributed by atoms with Gasteiger partial charge < -0.3 is 14.4 Å². The smallest absolute Gasteiger partial charge is 0.170 e. The zero-order valence-electron chi connectivity index (χ0n) is 18.4. The monoisotopic (exact) mass is 460 g/mol. The van der Waals surface area contributed by atoms with Crippen LogP contribution in [0.1, 0.15) is 22.0 Å².